The molecule has 1 unspecified atom stereocenters. The molecule has 4 aromatic rings. The maximum atomic E-state index is 13.4. The van der Waals surface area contributed by atoms with Gasteiger partial charge in [-0.3, -0.25) is 9.89 Å². The molecule has 0 bridgehead atoms. The number of anilines is 3. The van der Waals surface area contributed by atoms with Crippen molar-refractivity contribution in [3.05, 3.63) is 77.6 Å². The van der Waals surface area contributed by atoms with Crippen LogP contribution in [0.2, 0.25) is 0 Å². The Bertz CT molecular complexity index is 1540. The van der Waals surface area contributed by atoms with Crippen molar-refractivity contribution in [2.75, 3.05) is 17.2 Å². The third kappa shape index (κ3) is 5.57. The summed E-state index contributed by atoms with van der Waals surface area (Å²) in [6.45, 7) is 10.9. The smallest absolute Gasteiger partial charge is 0.410 e. The van der Waals surface area contributed by atoms with Gasteiger partial charge in [-0.25, -0.2) is 9.78 Å². The van der Waals surface area contributed by atoms with Gasteiger partial charge in [0.15, 0.2) is 0 Å². The predicted octanol–water partition coefficient (Wildman–Crippen LogP) is 6.37. The summed E-state index contributed by atoms with van der Waals surface area (Å²) in [7, 11) is 0. The number of pyridine rings is 1. The molecular weight excluding hydrogens is 492 g/mol. The lowest BCUT2D eigenvalue weighted by Crippen LogP contribution is -2.47. The minimum absolute atomic E-state index is 0.219. The molecule has 1 aliphatic rings. The van der Waals surface area contributed by atoms with Crippen LogP contribution in [0.4, 0.5) is 22.0 Å². The van der Waals surface area contributed by atoms with E-state index < -0.39 is 5.60 Å². The number of benzene rings is 2. The minimum atomic E-state index is -0.574. The Morgan fingerprint density at radius 2 is 1.92 bits per heavy atom. The Kier molecular flexibility index (Phi) is 6.76. The van der Waals surface area contributed by atoms with E-state index in [9.17, 15) is 9.59 Å². The number of hydrogen-bond acceptors (Lipinski definition) is 6. The van der Waals surface area contributed by atoms with Crippen molar-refractivity contribution < 1.29 is 14.3 Å². The second-order valence-corrected chi connectivity index (χ2v) is 11.3. The summed E-state index contributed by atoms with van der Waals surface area (Å²) in [5, 5.41) is 14.3. The Balaban J connectivity index is 1.38. The number of fused-ring (bicyclic) bond motifs is 2. The van der Waals surface area contributed by atoms with Crippen molar-refractivity contribution in [1.82, 2.24) is 20.1 Å². The number of carbonyl (C=O) groups is 2. The molecule has 1 aliphatic heterocycles. The van der Waals surface area contributed by atoms with E-state index in [-0.39, 0.29) is 17.4 Å². The summed E-state index contributed by atoms with van der Waals surface area (Å²) in [5.41, 5.74) is 4.11. The average Bonchev–Trinajstić information content (AvgIpc) is 3.36. The third-order valence-electron chi connectivity index (χ3n) is 7.10. The maximum absolute atomic E-state index is 13.4. The van der Waals surface area contributed by atoms with Gasteiger partial charge in [-0.2, -0.15) is 5.10 Å². The molecule has 0 fully saturated rings. The van der Waals surface area contributed by atoms with Gasteiger partial charge in [0, 0.05) is 41.5 Å². The van der Waals surface area contributed by atoms with E-state index in [2.05, 4.69) is 45.7 Å². The molecule has 9 nitrogen and oxygen atoms in total. The van der Waals surface area contributed by atoms with Crippen molar-refractivity contribution in [3.8, 4) is 0 Å². The van der Waals surface area contributed by atoms with Gasteiger partial charge in [0.1, 0.15) is 11.4 Å². The van der Waals surface area contributed by atoms with Crippen LogP contribution < -0.4 is 10.6 Å². The van der Waals surface area contributed by atoms with Gasteiger partial charge in [0.2, 0.25) is 0 Å². The van der Waals surface area contributed by atoms with Crippen molar-refractivity contribution in [1.29, 1.82) is 0 Å². The number of ether oxygens (including phenoxy) is 1. The van der Waals surface area contributed by atoms with Crippen molar-refractivity contribution in [3.63, 3.8) is 0 Å². The second kappa shape index (κ2) is 10.1. The van der Waals surface area contributed by atoms with E-state index in [1.807, 2.05) is 51.1 Å². The molecule has 0 saturated carbocycles. The molecule has 1 atom stereocenters. The van der Waals surface area contributed by atoms with E-state index in [1.54, 1.807) is 29.4 Å². The lowest BCUT2D eigenvalue weighted by Gasteiger charge is -2.42. The third-order valence-corrected chi connectivity index (χ3v) is 7.10. The number of nitrogens with zero attached hydrogens (tertiary/aromatic N) is 3. The van der Waals surface area contributed by atoms with Gasteiger partial charge in [-0.15, -0.1) is 0 Å². The van der Waals surface area contributed by atoms with Crippen molar-refractivity contribution in [2.24, 2.45) is 0 Å². The van der Waals surface area contributed by atoms with Crippen LogP contribution in [-0.2, 0) is 16.7 Å². The largest absolute Gasteiger partial charge is 0.444 e. The zero-order chi connectivity index (χ0) is 27.8. The zero-order valence-corrected chi connectivity index (χ0v) is 23.0. The number of aromatic amines is 1. The number of hydrogen-bond donors (Lipinski definition) is 3. The normalized spacial score (nSPS) is 17.0. The highest BCUT2D eigenvalue weighted by Crippen LogP contribution is 2.38. The zero-order valence-electron chi connectivity index (χ0n) is 23.0. The van der Waals surface area contributed by atoms with Gasteiger partial charge in [-0.05, 0) is 80.8 Å². The molecule has 202 valence electrons. The average molecular weight is 527 g/mol. The van der Waals surface area contributed by atoms with Crippen LogP contribution >= 0.6 is 0 Å². The highest BCUT2D eigenvalue weighted by molar-refractivity contribution is 6.08. The number of H-pyrrole nitrogens is 1. The molecule has 0 spiro atoms. The first-order chi connectivity index (χ1) is 18.5. The molecule has 2 amide bonds. The Morgan fingerprint density at radius 1 is 1.13 bits per heavy atom. The molecule has 0 saturated heterocycles. The fourth-order valence-corrected chi connectivity index (χ4v) is 4.95. The van der Waals surface area contributed by atoms with Crippen molar-refractivity contribution >= 4 is 40.1 Å². The van der Waals surface area contributed by atoms with Crippen LogP contribution in [0.5, 0.6) is 0 Å². The van der Waals surface area contributed by atoms with Crippen LogP contribution in [-0.4, -0.2) is 44.2 Å². The Labute approximate surface area is 228 Å². The summed E-state index contributed by atoms with van der Waals surface area (Å²) in [6.07, 6.45) is 3.93. The van der Waals surface area contributed by atoms with Crippen LogP contribution in [0.15, 0.2) is 60.9 Å². The Morgan fingerprint density at radius 3 is 2.69 bits per heavy atom. The first kappa shape index (κ1) is 26.2. The second-order valence-electron chi connectivity index (χ2n) is 11.3. The Hall–Kier alpha value is -4.40. The SMILES string of the molecule is CCC1(C)CN(C(=O)OC(C)(C)C)Cc2cc(NC(=O)c3cccnc3Nc3ccc4cn[nH]c4c3)ccc21. The van der Waals surface area contributed by atoms with Crippen LogP contribution in [0.3, 0.4) is 0 Å². The molecular formula is C30H34N6O3. The summed E-state index contributed by atoms with van der Waals surface area (Å²) >= 11 is 0. The van der Waals surface area contributed by atoms with E-state index in [0.29, 0.717) is 30.2 Å². The van der Waals surface area contributed by atoms with Crippen molar-refractivity contribution in [2.45, 2.75) is 58.6 Å². The summed E-state index contributed by atoms with van der Waals surface area (Å²) in [5.74, 6) is 0.160. The topological polar surface area (TPSA) is 112 Å². The molecule has 0 aliphatic carbocycles. The highest BCUT2D eigenvalue weighted by atomic mass is 16.6. The van der Waals surface area contributed by atoms with Gasteiger partial charge in [0.05, 0.1) is 17.3 Å². The fourth-order valence-electron chi connectivity index (χ4n) is 4.95. The molecule has 9 heteroatoms. The lowest BCUT2D eigenvalue weighted by atomic mass is 9.75. The number of amides is 2. The van der Waals surface area contributed by atoms with Crippen LogP contribution in [0.1, 0.15) is 62.5 Å². The summed E-state index contributed by atoms with van der Waals surface area (Å²) in [4.78, 5) is 32.5. The molecule has 3 heterocycles. The monoisotopic (exact) mass is 526 g/mol. The fraction of sp³-hybridized carbons (Fsp3) is 0.333. The first-order valence-corrected chi connectivity index (χ1v) is 13.1. The van der Waals surface area contributed by atoms with Gasteiger partial charge in [-0.1, -0.05) is 19.9 Å². The van der Waals surface area contributed by atoms with Crippen LogP contribution in [0, 0.1) is 0 Å². The molecule has 3 N–H and O–H groups in total. The van der Waals surface area contributed by atoms with Crippen LogP contribution in [0.25, 0.3) is 10.9 Å². The van der Waals surface area contributed by atoms with E-state index in [0.717, 1.165) is 28.6 Å². The summed E-state index contributed by atoms with van der Waals surface area (Å²) < 4.78 is 5.66. The van der Waals surface area contributed by atoms with Gasteiger partial charge < -0.3 is 20.3 Å². The number of aromatic nitrogens is 3. The van der Waals surface area contributed by atoms with E-state index in [1.165, 1.54) is 5.56 Å². The number of carbonyl (C=O) groups excluding carboxylic acids is 2. The molecule has 2 aromatic carbocycles. The number of nitrogens with one attached hydrogen (secondary N) is 3. The summed E-state index contributed by atoms with van der Waals surface area (Å²) in [6, 6.07) is 15.2. The van der Waals surface area contributed by atoms with Gasteiger partial charge >= 0.3 is 6.09 Å². The highest BCUT2D eigenvalue weighted by Gasteiger charge is 2.37. The van der Waals surface area contributed by atoms with E-state index in [4.69, 9.17) is 4.74 Å². The van der Waals surface area contributed by atoms with E-state index >= 15 is 0 Å². The number of rotatable bonds is 5. The van der Waals surface area contributed by atoms with Gasteiger partial charge in [0.25, 0.3) is 5.91 Å². The predicted molar refractivity (Wildman–Crippen MR) is 152 cm³/mol. The maximum Gasteiger partial charge on any atom is 0.410 e. The molecule has 0 radical (unpaired) electrons. The molecule has 2 aromatic heterocycles. The molecule has 5 rings (SSSR count). The quantitative estimate of drug-likeness (QED) is 0.278. The first-order valence-electron chi connectivity index (χ1n) is 13.1. The lowest BCUT2D eigenvalue weighted by molar-refractivity contribution is 0.0164. The minimum Gasteiger partial charge on any atom is -0.444 e. The standard InChI is InChI=1S/C30H34N6O3/c1-6-30(5)18-36(28(38)39-29(2,3)4)17-20-14-21(11-12-24(20)30)34-27(37)23-8-7-13-31-26(23)33-22-10-9-19-16-32-35-25(19)15-22/h7-16H,6,17-18H2,1-5H3,(H,31,33)(H,32,35)(H,34,37). The molecule has 39 heavy (non-hydrogen) atoms.